The van der Waals surface area contributed by atoms with Crippen molar-refractivity contribution in [2.24, 2.45) is 5.92 Å². The topological polar surface area (TPSA) is 37.9 Å². The number of hydrogen-bond donors (Lipinski definition) is 1. The van der Waals surface area contributed by atoms with Crippen molar-refractivity contribution in [3.05, 3.63) is 58.9 Å². The quantitative estimate of drug-likeness (QED) is 0.618. The van der Waals surface area contributed by atoms with Crippen molar-refractivity contribution in [2.75, 3.05) is 6.61 Å². The number of para-hydroxylation sites is 1. The number of benzene rings is 2. The number of H-pyrrole nitrogens is 1. The summed E-state index contributed by atoms with van der Waals surface area (Å²) in [6.07, 6.45) is 4.84. The van der Waals surface area contributed by atoms with Crippen LogP contribution in [0.5, 0.6) is 5.75 Å². The van der Waals surface area contributed by atoms with Gasteiger partial charge in [-0.25, -0.2) is 4.98 Å². The second-order valence-corrected chi connectivity index (χ2v) is 8.41. The largest absolute Gasteiger partial charge is 0.492 e. The van der Waals surface area contributed by atoms with E-state index in [4.69, 9.17) is 21.3 Å². The molecule has 0 unspecified atom stereocenters. The first-order valence-electron chi connectivity index (χ1n) is 9.52. The van der Waals surface area contributed by atoms with Gasteiger partial charge in [0.2, 0.25) is 0 Å². The van der Waals surface area contributed by atoms with Gasteiger partial charge in [-0.05, 0) is 55.9 Å². The fourth-order valence-corrected chi connectivity index (χ4v) is 5.04. The molecule has 2 aliphatic rings. The molecule has 1 spiro atoms. The molecule has 5 rings (SSSR count). The first-order chi connectivity index (χ1) is 12.6. The molecular weight excluding hydrogens is 344 g/mol. The average molecular weight is 367 g/mol. The molecular formula is C22H23ClN2O. The zero-order valence-corrected chi connectivity index (χ0v) is 15.7. The number of imidazole rings is 1. The minimum absolute atomic E-state index is 0.230. The van der Waals surface area contributed by atoms with Gasteiger partial charge in [0, 0.05) is 21.9 Å². The lowest BCUT2D eigenvalue weighted by Crippen LogP contribution is -2.34. The SMILES string of the molecule is C[C@H](c1nc2ccc(Cl)cc2[nH]1)C1CCC2(CC1)COc1ccccc12. The lowest BCUT2D eigenvalue weighted by Gasteiger charge is -2.38. The summed E-state index contributed by atoms with van der Waals surface area (Å²) in [6.45, 7) is 3.15. The predicted molar refractivity (Wildman–Crippen MR) is 105 cm³/mol. The van der Waals surface area contributed by atoms with Crippen LogP contribution in [0.4, 0.5) is 0 Å². The van der Waals surface area contributed by atoms with Crippen LogP contribution in [0.25, 0.3) is 11.0 Å². The molecule has 3 aromatic rings. The average Bonchev–Trinajstić information content (AvgIpc) is 3.24. The second kappa shape index (κ2) is 6.02. The number of fused-ring (bicyclic) bond motifs is 3. The number of aromatic nitrogens is 2. The molecule has 1 fully saturated rings. The third-order valence-electron chi connectivity index (χ3n) is 6.55. The van der Waals surface area contributed by atoms with Gasteiger partial charge in [-0.3, -0.25) is 0 Å². The second-order valence-electron chi connectivity index (χ2n) is 7.97. The van der Waals surface area contributed by atoms with Crippen LogP contribution in [0.1, 0.15) is 49.9 Å². The summed E-state index contributed by atoms with van der Waals surface area (Å²) in [7, 11) is 0. The highest BCUT2D eigenvalue weighted by Gasteiger charge is 2.44. The van der Waals surface area contributed by atoms with Crippen molar-refractivity contribution in [1.82, 2.24) is 9.97 Å². The van der Waals surface area contributed by atoms with Crippen LogP contribution in [0, 0.1) is 5.92 Å². The van der Waals surface area contributed by atoms with Gasteiger partial charge in [0.1, 0.15) is 11.6 Å². The highest BCUT2D eigenvalue weighted by Crippen LogP contribution is 2.50. The van der Waals surface area contributed by atoms with E-state index in [-0.39, 0.29) is 5.41 Å². The smallest absolute Gasteiger partial charge is 0.123 e. The fourth-order valence-electron chi connectivity index (χ4n) is 4.87. The van der Waals surface area contributed by atoms with Crippen molar-refractivity contribution in [1.29, 1.82) is 0 Å². The van der Waals surface area contributed by atoms with Crippen molar-refractivity contribution >= 4 is 22.6 Å². The van der Waals surface area contributed by atoms with Gasteiger partial charge in [-0.15, -0.1) is 0 Å². The first kappa shape index (κ1) is 16.2. The van der Waals surface area contributed by atoms with E-state index in [0.717, 1.165) is 34.2 Å². The Hall–Kier alpha value is -2.00. The monoisotopic (exact) mass is 366 g/mol. The number of nitrogens with one attached hydrogen (secondary N) is 1. The Bertz CT molecular complexity index is 956. The Kier molecular flexibility index (Phi) is 3.75. The van der Waals surface area contributed by atoms with E-state index in [1.807, 2.05) is 18.2 Å². The molecule has 0 amide bonds. The van der Waals surface area contributed by atoms with Gasteiger partial charge in [-0.1, -0.05) is 36.7 Å². The third-order valence-corrected chi connectivity index (χ3v) is 6.79. The summed E-state index contributed by atoms with van der Waals surface area (Å²) in [4.78, 5) is 8.30. The number of ether oxygens (including phenoxy) is 1. The molecule has 4 heteroatoms. The van der Waals surface area contributed by atoms with E-state index in [9.17, 15) is 0 Å². The van der Waals surface area contributed by atoms with E-state index >= 15 is 0 Å². The number of nitrogens with zero attached hydrogens (tertiary/aromatic N) is 1. The minimum Gasteiger partial charge on any atom is -0.492 e. The van der Waals surface area contributed by atoms with E-state index < -0.39 is 0 Å². The maximum atomic E-state index is 6.11. The highest BCUT2D eigenvalue weighted by molar-refractivity contribution is 6.31. The van der Waals surface area contributed by atoms with Crippen molar-refractivity contribution in [3.8, 4) is 5.75 Å². The minimum atomic E-state index is 0.230. The Morgan fingerprint density at radius 1 is 1.19 bits per heavy atom. The summed E-state index contributed by atoms with van der Waals surface area (Å²) in [5.74, 6) is 3.26. The van der Waals surface area contributed by atoms with Crippen molar-refractivity contribution in [3.63, 3.8) is 0 Å². The standard InChI is InChI=1S/C22H23ClN2O/c1-14(21-24-18-7-6-16(23)12-19(18)25-21)15-8-10-22(11-9-15)13-26-20-5-3-2-4-17(20)22/h2-7,12,14-15H,8-11,13H2,1H3,(H,24,25)/t14-,15?,22?/m0/s1. The van der Waals surface area contributed by atoms with E-state index in [1.165, 1.54) is 31.2 Å². The molecule has 2 aromatic carbocycles. The Morgan fingerprint density at radius 2 is 2.00 bits per heavy atom. The van der Waals surface area contributed by atoms with Gasteiger partial charge in [0.25, 0.3) is 0 Å². The normalized spacial score (nSPS) is 26.0. The van der Waals surface area contributed by atoms with Crippen molar-refractivity contribution in [2.45, 2.75) is 43.9 Å². The fraction of sp³-hybridized carbons (Fsp3) is 0.409. The maximum absolute atomic E-state index is 6.11. The Labute approximate surface area is 158 Å². The number of rotatable bonds is 2. The molecule has 0 radical (unpaired) electrons. The predicted octanol–water partition coefficient (Wildman–Crippen LogP) is 5.84. The number of aromatic amines is 1. The zero-order valence-electron chi connectivity index (χ0n) is 15.0. The third kappa shape index (κ3) is 2.52. The van der Waals surface area contributed by atoms with Gasteiger partial charge in [0.15, 0.2) is 0 Å². The van der Waals surface area contributed by atoms with Gasteiger partial charge >= 0.3 is 0 Å². The van der Waals surface area contributed by atoms with Gasteiger partial charge in [-0.2, -0.15) is 0 Å². The van der Waals surface area contributed by atoms with Crippen LogP contribution in [0.2, 0.25) is 5.02 Å². The van der Waals surface area contributed by atoms with Crippen LogP contribution < -0.4 is 4.74 Å². The molecule has 134 valence electrons. The van der Waals surface area contributed by atoms with E-state index in [2.05, 4.69) is 36.2 Å². The van der Waals surface area contributed by atoms with Crippen LogP contribution in [-0.2, 0) is 5.41 Å². The number of halogens is 1. The van der Waals surface area contributed by atoms with Gasteiger partial charge < -0.3 is 9.72 Å². The first-order valence-corrected chi connectivity index (χ1v) is 9.90. The number of hydrogen-bond acceptors (Lipinski definition) is 2. The molecule has 1 N–H and O–H groups in total. The zero-order chi connectivity index (χ0) is 17.7. The highest BCUT2D eigenvalue weighted by atomic mass is 35.5. The molecule has 1 atom stereocenters. The molecule has 2 heterocycles. The van der Waals surface area contributed by atoms with Crippen LogP contribution in [-0.4, -0.2) is 16.6 Å². The molecule has 26 heavy (non-hydrogen) atoms. The summed E-state index contributed by atoms with van der Waals surface area (Å²) in [6, 6.07) is 14.4. The van der Waals surface area contributed by atoms with Crippen LogP contribution in [0.3, 0.4) is 0 Å². The van der Waals surface area contributed by atoms with Crippen LogP contribution >= 0.6 is 11.6 Å². The van der Waals surface area contributed by atoms with Crippen LogP contribution in [0.15, 0.2) is 42.5 Å². The summed E-state index contributed by atoms with van der Waals surface area (Å²) < 4.78 is 5.99. The van der Waals surface area contributed by atoms with Crippen molar-refractivity contribution < 1.29 is 4.74 Å². The van der Waals surface area contributed by atoms with Gasteiger partial charge in [0.05, 0.1) is 17.6 Å². The summed E-state index contributed by atoms with van der Waals surface area (Å²) >= 11 is 6.11. The Morgan fingerprint density at radius 3 is 2.85 bits per heavy atom. The lowest BCUT2D eigenvalue weighted by atomic mass is 9.65. The molecule has 0 saturated heterocycles. The molecule has 1 aromatic heterocycles. The maximum Gasteiger partial charge on any atom is 0.123 e. The summed E-state index contributed by atoms with van der Waals surface area (Å²) in [5, 5.41) is 0.750. The molecule has 1 aliphatic heterocycles. The molecule has 1 saturated carbocycles. The van der Waals surface area contributed by atoms with E-state index in [1.54, 1.807) is 0 Å². The lowest BCUT2D eigenvalue weighted by molar-refractivity contribution is 0.169. The Balaban J connectivity index is 1.35. The molecule has 0 bridgehead atoms. The van der Waals surface area contributed by atoms with E-state index in [0.29, 0.717) is 11.8 Å². The molecule has 1 aliphatic carbocycles. The molecule has 3 nitrogen and oxygen atoms in total. The summed E-state index contributed by atoms with van der Waals surface area (Å²) in [5.41, 5.74) is 3.68.